The van der Waals surface area contributed by atoms with E-state index in [4.69, 9.17) is 4.55 Å². The Morgan fingerprint density at radius 3 is 2.15 bits per heavy atom. The van der Waals surface area contributed by atoms with E-state index in [-0.39, 0.29) is 30.9 Å². The molecule has 13 heavy (non-hydrogen) atoms. The summed E-state index contributed by atoms with van der Waals surface area (Å²) in [4.78, 5) is 9.74. The monoisotopic (exact) mass is 195 g/mol. The number of hydrogen-bond donors (Lipinski definition) is 1. The molecule has 1 aromatic rings. The summed E-state index contributed by atoms with van der Waals surface area (Å²) in [6.45, 7) is 0. The van der Waals surface area contributed by atoms with Gasteiger partial charge in [0.15, 0.2) is 11.1 Å². The van der Waals surface area contributed by atoms with Crippen LogP contribution in [-0.4, -0.2) is 13.7 Å². The Bertz CT molecular complexity index is 298. The van der Waals surface area contributed by atoms with Crippen LogP contribution in [0.4, 0.5) is 5.69 Å². The molecule has 0 fully saturated rings. The van der Waals surface area contributed by atoms with Crippen molar-refractivity contribution < 1.29 is 34.0 Å². The molecule has 0 spiro atoms. The van der Waals surface area contributed by atoms with Gasteiger partial charge in [0.1, 0.15) is 0 Å². The maximum Gasteiger partial charge on any atom is 1.00 e. The zero-order valence-electron chi connectivity index (χ0n) is 7.84. The molecule has 1 rings (SSSR count). The topological polar surface area (TPSA) is 80.4 Å². The Balaban J connectivity index is 0. The zero-order chi connectivity index (χ0) is 9.14. The largest absolute Gasteiger partial charge is 1.00 e. The molecule has 0 saturated carbocycles. The van der Waals surface area contributed by atoms with Crippen LogP contribution in [-0.2, 0) is 11.1 Å². The molecule has 0 saturated heterocycles. The van der Waals surface area contributed by atoms with Crippen molar-refractivity contribution in [1.82, 2.24) is 0 Å². The molecule has 1 atom stereocenters. The minimum Gasteiger partial charge on any atom is -1.00 e. The Morgan fingerprint density at radius 1 is 1.38 bits per heavy atom. The summed E-state index contributed by atoms with van der Waals surface area (Å²) in [6.07, 6.45) is 0. The van der Waals surface area contributed by atoms with E-state index in [9.17, 15) is 14.3 Å². The molecule has 0 bridgehead atoms. The van der Waals surface area contributed by atoms with Gasteiger partial charge in [-0.1, -0.05) is 0 Å². The number of hydrogen-bond acceptors (Lipinski definition) is 3. The quantitative estimate of drug-likeness (QED) is 0.264. The van der Waals surface area contributed by atoms with Crippen molar-refractivity contribution in [2.75, 3.05) is 0 Å². The number of nitrogens with zero attached hydrogens (tertiary/aromatic N) is 1. The second-order valence-corrected chi connectivity index (χ2v) is 2.97. The minimum atomic E-state index is -2.07. The molecule has 0 aliphatic heterocycles. The van der Waals surface area contributed by atoms with Crippen LogP contribution in [0.5, 0.6) is 0 Å². The predicted octanol–water partition coefficient (Wildman–Crippen LogP) is -1.71. The first kappa shape index (κ1) is 12.3. The van der Waals surface area contributed by atoms with Crippen LogP contribution in [0, 0.1) is 10.1 Å². The summed E-state index contributed by atoms with van der Waals surface area (Å²) in [5.74, 6) is 0. The summed E-state index contributed by atoms with van der Waals surface area (Å²) in [6, 6.07) is 4.86. The molecular weight excluding hydrogens is 189 g/mol. The van der Waals surface area contributed by atoms with Gasteiger partial charge in [0.05, 0.1) is 9.82 Å². The third kappa shape index (κ3) is 3.28. The summed E-state index contributed by atoms with van der Waals surface area (Å²) in [5.41, 5.74) is -0.0933. The van der Waals surface area contributed by atoms with Gasteiger partial charge in [0.2, 0.25) is 0 Å². The third-order valence-corrected chi connectivity index (χ3v) is 1.92. The van der Waals surface area contributed by atoms with E-state index in [1.807, 2.05) is 0 Å². The summed E-state index contributed by atoms with van der Waals surface area (Å²) in [5, 5.41) is 10.1. The van der Waals surface area contributed by atoms with Crippen molar-refractivity contribution in [1.29, 1.82) is 0 Å². The van der Waals surface area contributed by atoms with Gasteiger partial charge in [-0.3, -0.25) is 10.1 Å². The first-order valence-corrected chi connectivity index (χ1v) is 4.07. The molecule has 0 aliphatic rings. The number of non-ortho nitro benzene ring substituents is 1. The normalized spacial score (nSPS) is 11.5. The van der Waals surface area contributed by atoms with Crippen molar-refractivity contribution in [3.8, 4) is 0 Å². The number of nitro benzene ring substituents is 1. The molecule has 7 heteroatoms. The first-order chi connectivity index (χ1) is 5.61. The third-order valence-electron chi connectivity index (χ3n) is 1.25. The maximum absolute atomic E-state index is 10.4. The minimum absolute atomic E-state index is 0. The number of benzene rings is 1. The molecule has 0 aromatic heterocycles. The standard InChI is InChI=1S/C6H5NO4S.Li.H/c8-7(9)5-1-3-6(4-2-5)12(10)11;;/h1-4H,(H,10,11);;/q;+1;-1. The van der Waals surface area contributed by atoms with Gasteiger partial charge in [-0.25, -0.2) is 4.21 Å². The molecule has 0 amide bonds. The zero-order valence-corrected chi connectivity index (χ0v) is 7.65. The molecule has 1 aromatic carbocycles. The maximum atomic E-state index is 10.4. The molecule has 0 heterocycles. The average Bonchev–Trinajstić information content (AvgIpc) is 2.04. The van der Waals surface area contributed by atoms with Gasteiger partial charge in [0, 0.05) is 12.1 Å². The van der Waals surface area contributed by atoms with E-state index < -0.39 is 16.0 Å². The van der Waals surface area contributed by atoms with Crippen molar-refractivity contribution in [3.63, 3.8) is 0 Å². The van der Waals surface area contributed by atoms with Crippen molar-refractivity contribution in [2.24, 2.45) is 0 Å². The van der Waals surface area contributed by atoms with E-state index in [1.54, 1.807) is 0 Å². The van der Waals surface area contributed by atoms with Gasteiger partial charge in [0.25, 0.3) is 5.69 Å². The SMILES string of the molecule is O=[N+]([O-])c1ccc(S(=O)O)cc1.[H-].[Li+]. The Morgan fingerprint density at radius 2 is 1.85 bits per heavy atom. The van der Waals surface area contributed by atoms with Gasteiger partial charge in [-0.15, -0.1) is 0 Å². The van der Waals surface area contributed by atoms with Gasteiger partial charge >= 0.3 is 18.9 Å². The molecular formula is C6H6LiNO4S. The van der Waals surface area contributed by atoms with Crippen LogP contribution in [0.2, 0.25) is 0 Å². The predicted molar refractivity (Wildman–Crippen MR) is 43.2 cm³/mol. The van der Waals surface area contributed by atoms with Crippen LogP contribution in [0.1, 0.15) is 1.43 Å². The summed E-state index contributed by atoms with van der Waals surface area (Å²) >= 11 is -2.07. The van der Waals surface area contributed by atoms with Crippen molar-refractivity contribution in [2.45, 2.75) is 4.90 Å². The second-order valence-electron chi connectivity index (χ2n) is 2.00. The molecule has 1 unspecified atom stereocenters. The van der Waals surface area contributed by atoms with E-state index in [1.165, 1.54) is 24.3 Å². The van der Waals surface area contributed by atoms with Crippen LogP contribution in [0.15, 0.2) is 29.2 Å². The van der Waals surface area contributed by atoms with Crippen molar-refractivity contribution in [3.05, 3.63) is 34.4 Å². The van der Waals surface area contributed by atoms with Crippen LogP contribution >= 0.6 is 0 Å². The van der Waals surface area contributed by atoms with Gasteiger partial charge in [-0.05, 0) is 12.1 Å². The Labute approximate surface area is 90.2 Å². The van der Waals surface area contributed by atoms with Crippen LogP contribution in [0.25, 0.3) is 0 Å². The fraction of sp³-hybridized carbons (Fsp3) is 0. The second kappa shape index (κ2) is 5.14. The Kier molecular flexibility index (Phi) is 4.88. The van der Waals surface area contributed by atoms with Crippen molar-refractivity contribution >= 4 is 16.8 Å². The first-order valence-electron chi connectivity index (χ1n) is 2.96. The van der Waals surface area contributed by atoms with E-state index >= 15 is 0 Å². The smallest absolute Gasteiger partial charge is 1.00 e. The molecule has 66 valence electrons. The van der Waals surface area contributed by atoms with E-state index in [0.29, 0.717) is 0 Å². The fourth-order valence-electron chi connectivity index (χ4n) is 0.684. The van der Waals surface area contributed by atoms with E-state index in [0.717, 1.165) is 0 Å². The summed E-state index contributed by atoms with van der Waals surface area (Å²) < 4.78 is 19.0. The van der Waals surface area contributed by atoms with Gasteiger partial charge in [-0.2, -0.15) is 0 Å². The number of nitro groups is 1. The fourth-order valence-corrected chi connectivity index (χ4v) is 1.05. The van der Waals surface area contributed by atoms with E-state index in [2.05, 4.69) is 0 Å². The summed E-state index contributed by atoms with van der Waals surface area (Å²) in [7, 11) is 0. The molecule has 5 nitrogen and oxygen atoms in total. The molecule has 0 aliphatic carbocycles. The average molecular weight is 195 g/mol. The number of rotatable bonds is 2. The molecule has 0 radical (unpaired) electrons. The van der Waals surface area contributed by atoms with Gasteiger partial charge < -0.3 is 5.98 Å². The van der Waals surface area contributed by atoms with Crippen LogP contribution in [0.3, 0.4) is 0 Å². The molecule has 1 N–H and O–H groups in total. The Hall–Kier alpha value is -0.673. The van der Waals surface area contributed by atoms with Crippen LogP contribution < -0.4 is 18.9 Å².